The lowest BCUT2D eigenvalue weighted by molar-refractivity contribution is -0.384. The van der Waals surface area contributed by atoms with E-state index in [2.05, 4.69) is 10.3 Å². The second-order valence-corrected chi connectivity index (χ2v) is 8.76. The molecule has 4 rings (SSSR count). The lowest BCUT2D eigenvalue weighted by Gasteiger charge is -2.26. The number of carbonyl (C=O) groups excluding carboxylic acids is 1. The summed E-state index contributed by atoms with van der Waals surface area (Å²) >= 11 is 0. The average Bonchev–Trinajstić information content (AvgIpc) is 3.42. The van der Waals surface area contributed by atoms with E-state index in [0.717, 1.165) is 10.2 Å². The van der Waals surface area contributed by atoms with Crippen LogP contribution in [0.3, 0.4) is 0 Å². The molecule has 162 valence electrons. The van der Waals surface area contributed by atoms with Gasteiger partial charge in [-0.1, -0.05) is 18.2 Å². The van der Waals surface area contributed by atoms with Crippen molar-refractivity contribution in [2.75, 3.05) is 25.6 Å². The number of esters is 1. The standard InChI is InChI=1S/C19H18N4O7S/c1-29-18(24)19(8-10-30-12-19)21-16-14-7-9-22(17(14)20-11-15(16)23(25)26)31(27,28)13-5-3-2-4-6-13/h2-7,9,11H,8,10,12H2,1H3,(H,20,21). The molecule has 31 heavy (non-hydrogen) atoms. The van der Waals surface area contributed by atoms with Crippen molar-refractivity contribution in [2.24, 2.45) is 0 Å². The fourth-order valence-corrected chi connectivity index (χ4v) is 4.85. The number of nitro groups is 1. The van der Waals surface area contributed by atoms with Crippen LogP contribution >= 0.6 is 0 Å². The Balaban J connectivity index is 1.90. The van der Waals surface area contributed by atoms with Crippen molar-refractivity contribution < 1.29 is 27.6 Å². The molecule has 1 aliphatic rings. The van der Waals surface area contributed by atoms with Crippen molar-refractivity contribution in [2.45, 2.75) is 16.9 Å². The predicted octanol–water partition coefficient (Wildman–Crippen LogP) is 1.93. The van der Waals surface area contributed by atoms with Crippen LogP contribution in [-0.4, -0.2) is 54.1 Å². The zero-order valence-electron chi connectivity index (χ0n) is 16.3. The van der Waals surface area contributed by atoms with Crippen LogP contribution in [-0.2, 0) is 24.3 Å². The molecule has 0 amide bonds. The van der Waals surface area contributed by atoms with Crippen molar-refractivity contribution in [3.8, 4) is 0 Å². The highest BCUT2D eigenvalue weighted by Crippen LogP contribution is 2.37. The van der Waals surface area contributed by atoms with Crippen molar-refractivity contribution in [3.05, 3.63) is 58.9 Å². The van der Waals surface area contributed by atoms with E-state index in [1.54, 1.807) is 18.2 Å². The smallest absolute Gasteiger partial charge is 0.334 e. The van der Waals surface area contributed by atoms with Gasteiger partial charge in [-0.05, 0) is 18.2 Å². The van der Waals surface area contributed by atoms with Gasteiger partial charge in [0.1, 0.15) is 11.9 Å². The van der Waals surface area contributed by atoms with Crippen LogP contribution in [0.15, 0.2) is 53.7 Å². The number of hydrogen-bond donors (Lipinski definition) is 1. The van der Waals surface area contributed by atoms with Gasteiger partial charge < -0.3 is 14.8 Å². The molecule has 1 saturated heterocycles. The van der Waals surface area contributed by atoms with E-state index in [1.807, 2.05) is 0 Å². The monoisotopic (exact) mass is 446 g/mol. The lowest BCUT2D eigenvalue weighted by atomic mass is 9.98. The van der Waals surface area contributed by atoms with Crippen LogP contribution in [0.25, 0.3) is 11.0 Å². The van der Waals surface area contributed by atoms with Gasteiger partial charge in [-0.2, -0.15) is 0 Å². The number of carbonyl (C=O) groups is 1. The van der Waals surface area contributed by atoms with Crippen molar-refractivity contribution in [3.63, 3.8) is 0 Å². The fraction of sp³-hybridized carbons (Fsp3) is 0.263. The Morgan fingerprint density at radius 1 is 1.32 bits per heavy atom. The Morgan fingerprint density at radius 3 is 2.68 bits per heavy atom. The van der Waals surface area contributed by atoms with Gasteiger partial charge in [0.2, 0.25) is 0 Å². The van der Waals surface area contributed by atoms with E-state index in [-0.39, 0.29) is 41.3 Å². The van der Waals surface area contributed by atoms with Crippen molar-refractivity contribution in [1.29, 1.82) is 0 Å². The number of anilines is 1. The van der Waals surface area contributed by atoms with E-state index in [1.165, 1.54) is 31.5 Å². The molecule has 0 saturated carbocycles. The maximum Gasteiger partial charge on any atom is 0.334 e. The summed E-state index contributed by atoms with van der Waals surface area (Å²) in [4.78, 5) is 27.5. The zero-order valence-corrected chi connectivity index (χ0v) is 17.2. The summed E-state index contributed by atoms with van der Waals surface area (Å²) in [5.41, 5.74) is -1.80. The molecule has 1 atom stereocenters. The zero-order chi connectivity index (χ0) is 22.2. The third kappa shape index (κ3) is 3.39. The number of pyridine rings is 1. The lowest BCUT2D eigenvalue weighted by Crippen LogP contribution is -2.48. The maximum absolute atomic E-state index is 13.1. The second kappa shape index (κ2) is 7.63. The summed E-state index contributed by atoms with van der Waals surface area (Å²) in [6.07, 6.45) is 2.46. The molecule has 0 aliphatic carbocycles. The van der Waals surface area contributed by atoms with Crippen LogP contribution in [0.1, 0.15) is 6.42 Å². The number of nitrogens with zero attached hydrogens (tertiary/aromatic N) is 3. The summed E-state index contributed by atoms with van der Waals surface area (Å²) in [6.45, 7) is 0.206. The molecule has 1 fully saturated rings. The van der Waals surface area contributed by atoms with Crippen molar-refractivity contribution >= 4 is 38.4 Å². The van der Waals surface area contributed by atoms with E-state index < -0.39 is 32.1 Å². The quantitative estimate of drug-likeness (QED) is 0.341. The highest BCUT2D eigenvalue weighted by atomic mass is 32.2. The first-order valence-electron chi connectivity index (χ1n) is 9.19. The molecule has 12 heteroatoms. The molecule has 0 spiro atoms. The number of rotatable bonds is 6. The predicted molar refractivity (Wildman–Crippen MR) is 109 cm³/mol. The minimum atomic E-state index is -4.00. The van der Waals surface area contributed by atoms with Gasteiger partial charge in [-0.25, -0.2) is 22.2 Å². The fourth-order valence-electron chi connectivity index (χ4n) is 3.53. The number of benzene rings is 1. The number of fused-ring (bicyclic) bond motifs is 1. The Morgan fingerprint density at radius 2 is 2.06 bits per heavy atom. The molecule has 3 heterocycles. The SMILES string of the molecule is COC(=O)C1(Nc2c([N+](=O)[O-])cnc3c2ccn3S(=O)(=O)c2ccccc2)CCOC1. The van der Waals surface area contributed by atoms with E-state index in [0.29, 0.717) is 0 Å². The molecule has 0 bridgehead atoms. The van der Waals surface area contributed by atoms with Crippen LogP contribution < -0.4 is 5.32 Å². The highest BCUT2D eigenvalue weighted by molar-refractivity contribution is 7.90. The molecular formula is C19H18N4O7S. The number of aromatic nitrogens is 2. The first kappa shape index (κ1) is 20.8. The average molecular weight is 446 g/mol. The van der Waals surface area contributed by atoms with Crippen molar-refractivity contribution in [1.82, 2.24) is 8.96 Å². The largest absolute Gasteiger partial charge is 0.467 e. The molecule has 1 N–H and O–H groups in total. The second-order valence-electron chi connectivity index (χ2n) is 6.94. The van der Waals surface area contributed by atoms with Gasteiger partial charge in [0.05, 0.1) is 28.9 Å². The summed E-state index contributed by atoms with van der Waals surface area (Å²) in [5, 5.41) is 14.7. The Labute approximate surface area is 176 Å². The molecule has 3 aromatic rings. The Kier molecular flexibility index (Phi) is 5.11. The number of methoxy groups -OCH3 is 1. The first-order valence-corrected chi connectivity index (χ1v) is 10.6. The maximum atomic E-state index is 13.1. The van der Waals surface area contributed by atoms with Gasteiger partial charge in [-0.3, -0.25) is 10.1 Å². The Bertz CT molecular complexity index is 1270. The van der Waals surface area contributed by atoms with E-state index in [9.17, 15) is 23.3 Å². The van der Waals surface area contributed by atoms with E-state index in [4.69, 9.17) is 9.47 Å². The third-order valence-corrected chi connectivity index (χ3v) is 6.80. The van der Waals surface area contributed by atoms with Crippen LogP contribution in [0.4, 0.5) is 11.4 Å². The normalized spacial score (nSPS) is 18.7. The third-order valence-electron chi connectivity index (χ3n) is 5.12. The van der Waals surface area contributed by atoms with Gasteiger partial charge in [0.25, 0.3) is 10.0 Å². The van der Waals surface area contributed by atoms with Crippen LogP contribution in [0.2, 0.25) is 0 Å². The summed E-state index contributed by atoms with van der Waals surface area (Å²) < 4.78 is 37.3. The molecule has 1 unspecified atom stereocenters. The van der Waals surface area contributed by atoms with E-state index >= 15 is 0 Å². The van der Waals surface area contributed by atoms with Gasteiger partial charge in [0.15, 0.2) is 11.2 Å². The minimum absolute atomic E-state index is 0.0177. The summed E-state index contributed by atoms with van der Waals surface area (Å²) in [7, 11) is -2.78. The molecule has 1 aliphatic heterocycles. The number of nitrogens with one attached hydrogen (secondary N) is 1. The highest BCUT2D eigenvalue weighted by Gasteiger charge is 2.45. The topological polar surface area (TPSA) is 143 Å². The van der Waals surface area contributed by atoms with Gasteiger partial charge in [-0.15, -0.1) is 0 Å². The number of ether oxygens (including phenoxy) is 2. The summed E-state index contributed by atoms with van der Waals surface area (Å²) in [6, 6.07) is 9.14. The van der Waals surface area contributed by atoms with Crippen LogP contribution in [0, 0.1) is 10.1 Å². The molecule has 11 nitrogen and oxygen atoms in total. The molecule has 1 aromatic carbocycles. The molecule has 0 radical (unpaired) electrons. The summed E-state index contributed by atoms with van der Waals surface area (Å²) in [5.74, 6) is -0.638. The first-order chi connectivity index (χ1) is 14.8. The molecular weight excluding hydrogens is 428 g/mol. The van der Waals surface area contributed by atoms with Gasteiger partial charge in [0, 0.05) is 19.2 Å². The molecule has 2 aromatic heterocycles. The van der Waals surface area contributed by atoms with Gasteiger partial charge >= 0.3 is 11.7 Å². The van der Waals surface area contributed by atoms with Crippen LogP contribution in [0.5, 0.6) is 0 Å². The minimum Gasteiger partial charge on any atom is -0.467 e. The Hall–Kier alpha value is -3.51. The number of hydrogen-bond acceptors (Lipinski definition) is 9.